The van der Waals surface area contributed by atoms with Crippen LogP contribution < -0.4 is 0 Å². The standard InChI is InChI=1S/C11H17IOSi/c1-14(2)13-8-4-6-10-5-3-7-11(12)9-10/h3,5,7,9,14H,4,6,8H2,1-2H3. The third-order valence-electron chi connectivity index (χ3n) is 1.95. The summed E-state index contributed by atoms with van der Waals surface area (Å²) in [4.78, 5) is 0. The molecule has 78 valence electrons. The summed E-state index contributed by atoms with van der Waals surface area (Å²) in [6.07, 6.45) is 2.28. The van der Waals surface area contributed by atoms with Crippen LogP contribution in [0.25, 0.3) is 0 Å². The van der Waals surface area contributed by atoms with Crippen LogP contribution in [0.15, 0.2) is 24.3 Å². The molecule has 0 N–H and O–H groups in total. The smallest absolute Gasteiger partial charge is 0.170 e. The van der Waals surface area contributed by atoms with E-state index in [4.69, 9.17) is 4.43 Å². The second-order valence-electron chi connectivity index (χ2n) is 3.65. The molecule has 1 aromatic carbocycles. The molecular weight excluding hydrogens is 303 g/mol. The predicted molar refractivity (Wildman–Crippen MR) is 72.3 cm³/mol. The van der Waals surface area contributed by atoms with Crippen LogP contribution in [0.3, 0.4) is 0 Å². The summed E-state index contributed by atoms with van der Waals surface area (Å²) in [5.74, 6) is 0. The largest absolute Gasteiger partial charge is 0.421 e. The average Bonchev–Trinajstić information content (AvgIpc) is 2.12. The fourth-order valence-corrected chi connectivity index (χ4v) is 2.53. The topological polar surface area (TPSA) is 9.23 Å². The number of hydrogen-bond acceptors (Lipinski definition) is 1. The van der Waals surface area contributed by atoms with E-state index in [2.05, 4.69) is 60.0 Å². The van der Waals surface area contributed by atoms with Crippen LogP contribution in [0, 0.1) is 3.57 Å². The van der Waals surface area contributed by atoms with Gasteiger partial charge in [-0.15, -0.1) is 0 Å². The lowest BCUT2D eigenvalue weighted by molar-refractivity contribution is 0.319. The second-order valence-corrected chi connectivity index (χ2v) is 7.33. The number of aryl methyl sites for hydroxylation is 1. The fourth-order valence-electron chi connectivity index (χ4n) is 1.29. The molecule has 3 heteroatoms. The van der Waals surface area contributed by atoms with E-state index in [9.17, 15) is 0 Å². The highest BCUT2D eigenvalue weighted by molar-refractivity contribution is 14.1. The van der Waals surface area contributed by atoms with Crippen LogP contribution >= 0.6 is 22.6 Å². The Kier molecular flexibility index (Phi) is 5.73. The first-order valence-corrected chi connectivity index (χ1v) is 8.90. The van der Waals surface area contributed by atoms with Crippen molar-refractivity contribution in [2.24, 2.45) is 0 Å². The van der Waals surface area contributed by atoms with E-state index < -0.39 is 9.04 Å². The fraction of sp³-hybridized carbons (Fsp3) is 0.455. The van der Waals surface area contributed by atoms with Gasteiger partial charge in [-0.25, -0.2) is 0 Å². The maximum atomic E-state index is 5.63. The lowest BCUT2D eigenvalue weighted by Crippen LogP contribution is -2.09. The van der Waals surface area contributed by atoms with E-state index in [1.54, 1.807) is 0 Å². The minimum atomic E-state index is -0.807. The summed E-state index contributed by atoms with van der Waals surface area (Å²) in [7, 11) is -0.807. The maximum absolute atomic E-state index is 5.63. The van der Waals surface area contributed by atoms with E-state index >= 15 is 0 Å². The molecule has 0 fully saturated rings. The quantitative estimate of drug-likeness (QED) is 0.460. The summed E-state index contributed by atoms with van der Waals surface area (Å²) in [5, 5.41) is 0. The van der Waals surface area contributed by atoms with Gasteiger partial charge in [-0.1, -0.05) is 12.1 Å². The minimum absolute atomic E-state index is 0.807. The van der Waals surface area contributed by atoms with Crippen molar-refractivity contribution in [1.29, 1.82) is 0 Å². The number of hydrogen-bond donors (Lipinski definition) is 0. The van der Waals surface area contributed by atoms with Crippen molar-refractivity contribution >= 4 is 31.6 Å². The third kappa shape index (κ3) is 5.12. The zero-order valence-corrected chi connectivity index (χ0v) is 12.1. The molecule has 0 spiro atoms. The van der Waals surface area contributed by atoms with Gasteiger partial charge in [0, 0.05) is 10.2 Å². The number of halogens is 1. The zero-order valence-electron chi connectivity index (χ0n) is 8.79. The van der Waals surface area contributed by atoms with Crippen molar-refractivity contribution in [2.45, 2.75) is 25.9 Å². The molecule has 0 aliphatic carbocycles. The molecule has 0 aliphatic heterocycles. The molecule has 0 bridgehead atoms. The van der Waals surface area contributed by atoms with Crippen molar-refractivity contribution in [1.82, 2.24) is 0 Å². The molecule has 0 aromatic heterocycles. The summed E-state index contributed by atoms with van der Waals surface area (Å²) < 4.78 is 6.95. The molecule has 0 saturated carbocycles. The Labute approximate surface area is 102 Å². The van der Waals surface area contributed by atoms with E-state index in [1.807, 2.05) is 0 Å². The van der Waals surface area contributed by atoms with E-state index in [0.717, 1.165) is 19.4 Å². The van der Waals surface area contributed by atoms with Gasteiger partial charge in [0.25, 0.3) is 0 Å². The normalized spacial score (nSPS) is 10.9. The van der Waals surface area contributed by atoms with Gasteiger partial charge in [0.15, 0.2) is 9.04 Å². The Morgan fingerprint density at radius 2 is 2.14 bits per heavy atom. The van der Waals surface area contributed by atoms with Crippen LogP contribution in [0.4, 0.5) is 0 Å². The predicted octanol–water partition coefficient (Wildman–Crippen LogP) is 3.22. The number of rotatable bonds is 5. The van der Waals surface area contributed by atoms with Crippen molar-refractivity contribution in [2.75, 3.05) is 6.61 Å². The van der Waals surface area contributed by atoms with Gasteiger partial charge in [-0.2, -0.15) is 0 Å². The Morgan fingerprint density at radius 1 is 1.36 bits per heavy atom. The van der Waals surface area contributed by atoms with E-state index in [1.165, 1.54) is 9.13 Å². The highest BCUT2D eigenvalue weighted by Gasteiger charge is 1.97. The zero-order chi connectivity index (χ0) is 10.4. The maximum Gasteiger partial charge on any atom is 0.170 e. The molecule has 0 amide bonds. The molecule has 0 radical (unpaired) electrons. The molecule has 0 saturated heterocycles. The lowest BCUT2D eigenvalue weighted by Gasteiger charge is -2.06. The van der Waals surface area contributed by atoms with E-state index in [0.29, 0.717) is 0 Å². The van der Waals surface area contributed by atoms with Gasteiger partial charge in [0.05, 0.1) is 0 Å². The Balaban J connectivity index is 2.25. The molecule has 14 heavy (non-hydrogen) atoms. The van der Waals surface area contributed by atoms with Gasteiger partial charge in [0.2, 0.25) is 0 Å². The molecule has 0 atom stereocenters. The number of benzene rings is 1. The third-order valence-corrected chi connectivity index (χ3v) is 3.52. The average molecular weight is 320 g/mol. The molecule has 1 aromatic rings. The Morgan fingerprint density at radius 3 is 2.79 bits per heavy atom. The van der Waals surface area contributed by atoms with Gasteiger partial charge in [0.1, 0.15) is 0 Å². The monoisotopic (exact) mass is 320 g/mol. The van der Waals surface area contributed by atoms with Crippen LogP contribution in [0.5, 0.6) is 0 Å². The molecule has 0 heterocycles. The van der Waals surface area contributed by atoms with Crippen LogP contribution in [-0.2, 0) is 10.8 Å². The summed E-state index contributed by atoms with van der Waals surface area (Å²) in [6, 6.07) is 8.68. The molecule has 0 aliphatic rings. The molecular formula is C11H17IOSi. The molecule has 1 nitrogen and oxygen atoms in total. The van der Waals surface area contributed by atoms with E-state index in [-0.39, 0.29) is 0 Å². The van der Waals surface area contributed by atoms with Crippen molar-refractivity contribution < 1.29 is 4.43 Å². The van der Waals surface area contributed by atoms with Gasteiger partial charge in [-0.05, 0) is 66.2 Å². The highest BCUT2D eigenvalue weighted by atomic mass is 127. The lowest BCUT2D eigenvalue weighted by atomic mass is 10.1. The van der Waals surface area contributed by atoms with Crippen molar-refractivity contribution in [3.63, 3.8) is 0 Å². The first-order chi connectivity index (χ1) is 6.68. The van der Waals surface area contributed by atoms with Crippen molar-refractivity contribution in [3.05, 3.63) is 33.4 Å². The molecule has 0 unspecified atom stereocenters. The Bertz CT molecular complexity index is 276. The highest BCUT2D eigenvalue weighted by Crippen LogP contribution is 2.09. The van der Waals surface area contributed by atoms with Crippen molar-refractivity contribution in [3.8, 4) is 0 Å². The SMILES string of the molecule is C[SiH](C)OCCCc1cccc(I)c1. The second kappa shape index (κ2) is 6.58. The first kappa shape index (κ1) is 12.2. The van der Waals surface area contributed by atoms with Gasteiger partial charge >= 0.3 is 0 Å². The van der Waals surface area contributed by atoms with Crippen LogP contribution in [0.2, 0.25) is 13.1 Å². The summed E-state index contributed by atoms with van der Waals surface area (Å²) in [6.45, 7) is 5.35. The van der Waals surface area contributed by atoms with Gasteiger partial charge < -0.3 is 4.43 Å². The van der Waals surface area contributed by atoms with Gasteiger partial charge in [-0.3, -0.25) is 0 Å². The van der Waals surface area contributed by atoms with Crippen LogP contribution in [-0.4, -0.2) is 15.6 Å². The molecule has 1 rings (SSSR count). The first-order valence-electron chi connectivity index (χ1n) is 5.04. The Hall–Kier alpha value is 0.127. The minimum Gasteiger partial charge on any atom is -0.421 e. The summed E-state index contributed by atoms with van der Waals surface area (Å²) in [5.41, 5.74) is 1.42. The summed E-state index contributed by atoms with van der Waals surface area (Å²) >= 11 is 2.35. The van der Waals surface area contributed by atoms with Crippen LogP contribution in [0.1, 0.15) is 12.0 Å².